The molecule has 0 bridgehead atoms. The Balaban J connectivity index is 1.58. The third kappa shape index (κ3) is 4.25. The van der Waals surface area contributed by atoms with Gasteiger partial charge in [0.1, 0.15) is 5.76 Å². The zero-order valence-corrected chi connectivity index (χ0v) is 18.9. The van der Waals surface area contributed by atoms with Crippen LogP contribution >= 0.6 is 11.3 Å². The first-order valence-electron chi connectivity index (χ1n) is 9.50. The lowest BCUT2D eigenvalue weighted by molar-refractivity contribution is 0.0998. The maximum absolute atomic E-state index is 12.8. The molecule has 4 aromatic rings. The topological polar surface area (TPSA) is 84.9 Å². The number of sulfonamides is 1. The van der Waals surface area contributed by atoms with Gasteiger partial charge in [-0.05, 0) is 61.0 Å². The number of furan rings is 1. The van der Waals surface area contributed by atoms with Gasteiger partial charge in [-0.2, -0.15) is 9.30 Å². The number of hydrogen-bond acceptors (Lipinski definition) is 5. The Morgan fingerprint density at radius 2 is 1.90 bits per heavy atom. The van der Waals surface area contributed by atoms with Crippen molar-refractivity contribution >= 4 is 37.5 Å². The molecular weight excluding hydrogens is 434 g/mol. The summed E-state index contributed by atoms with van der Waals surface area (Å²) in [6, 6.07) is 15.3. The molecule has 31 heavy (non-hydrogen) atoms. The van der Waals surface area contributed by atoms with E-state index >= 15 is 0 Å². The predicted molar refractivity (Wildman–Crippen MR) is 119 cm³/mol. The van der Waals surface area contributed by atoms with Gasteiger partial charge in [-0.1, -0.05) is 17.4 Å². The Labute approximate surface area is 183 Å². The molecule has 2 aromatic carbocycles. The van der Waals surface area contributed by atoms with Gasteiger partial charge in [0, 0.05) is 19.7 Å². The molecule has 0 saturated heterocycles. The minimum atomic E-state index is -3.72. The Kier molecular flexibility index (Phi) is 5.65. The van der Waals surface area contributed by atoms with E-state index in [9.17, 15) is 13.2 Å². The average Bonchev–Trinajstić information content (AvgIpc) is 3.36. The van der Waals surface area contributed by atoms with E-state index in [4.69, 9.17) is 4.42 Å². The van der Waals surface area contributed by atoms with Crippen LogP contribution in [0.15, 0.2) is 75.2 Å². The molecule has 1 amide bonds. The molecule has 0 atom stereocenters. The lowest BCUT2D eigenvalue weighted by Crippen LogP contribution is -2.26. The molecule has 9 heteroatoms. The molecule has 0 N–H and O–H groups in total. The fourth-order valence-corrected chi connectivity index (χ4v) is 5.41. The molecule has 0 saturated carbocycles. The van der Waals surface area contributed by atoms with Crippen molar-refractivity contribution in [3.8, 4) is 0 Å². The SMILES string of the molecule is Cc1ccc2c(c1)sc(=NC(=O)c1ccc(S(=O)(=O)N(C)Cc3ccco3)cc1)n2C. The van der Waals surface area contributed by atoms with E-state index in [1.807, 2.05) is 30.7 Å². The van der Waals surface area contributed by atoms with Crippen molar-refractivity contribution in [2.75, 3.05) is 7.05 Å². The van der Waals surface area contributed by atoms with E-state index in [1.54, 1.807) is 12.1 Å². The first-order chi connectivity index (χ1) is 14.8. The lowest BCUT2D eigenvalue weighted by atomic mass is 10.2. The number of fused-ring (bicyclic) bond motifs is 1. The van der Waals surface area contributed by atoms with Crippen molar-refractivity contribution in [1.29, 1.82) is 0 Å². The molecule has 2 aromatic heterocycles. The van der Waals surface area contributed by atoms with Crippen molar-refractivity contribution in [2.45, 2.75) is 18.4 Å². The van der Waals surface area contributed by atoms with Crippen molar-refractivity contribution in [1.82, 2.24) is 8.87 Å². The Morgan fingerprint density at radius 3 is 2.58 bits per heavy atom. The van der Waals surface area contributed by atoms with Crippen LogP contribution in [0, 0.1) is 6.92 Å². The number of carbonyl (C=O) groups is 1. The van der Waals surface area contributed by atoms with Gasteiger partial charge in [-0.25, -0.2) is 8.42 Å². The van der Waals surface area contributed by atoms with Crippen LogP contribution in [0.5, 0.6) is 0 Å². The maximum Gasteiger partial charge on any atom is 0.279 e. The lowest BCUT2D eigenvalue weighted by Gasteiger charge is -2.16. The van der Waals surface area contributed by atoms with Gasteiger partial charge in [0.15, 0.2) is 4.80 Å². The fourth-order valence-electron chi connectivity index (χ4n) is 3.16. The van der Waals surface area contributed by atoms with Crippen LogP contribution in [0.2, 0.25) is 0 Å². The predicted octanol–water partition coefficient (Wildman–Crippen LogP) is 3.70. The molecule has 4 rings (SSSR count). The number of rotatable bonds is 5. The third-order valence-electron chi connectivity index (χ3n) is 4.93. The van der Waals surface area contributed by atoms with Crippen LogP contribution in [-0.2, 0) is 23.6 Å². The largest absolute Gasteiger partial charge is 0.468 e. The highest BCUT2D eigenvalue weighted by molar-refractivity contribution is 7.89. The van der Waals surface area contributed by atoms with Crippen molar-refractivity contribution < 1.29 is 17.6 Å². The number of amides is 1. The van der Waals surface area contributed by atoms with Crippen molar-refractivity contribution in [2.24, 2.45) is 12.0 Å². The molecule has 0 unspecified atom stereocenters. The molecule has 2 heterocycles. The van der Waals surface area contributed by atoms with Crippen LogP contribution in [0.3, 0.4) is 0 Å². The van der Waals surface area contributed by atoms with Crippen molar-refractivity contribution in [3.63, 3.8) is 0 Å². The highest BCUT2D eigenvalue weighted by Gasteiger charge is 2.22. The summed E-state index contributed by atoms with van der Waals surface area (Å²) < 4.78 is 34.9. The number of hydrogen-bond donors (Lipinski definition) is 0. The number of aryl methyl sites for hydroxylation is 2. The average molecular weight is 456 g/mol. The summed E-state index contributed by atoms with van der Waals surface area (Å²) >= 11 is 1.44. The molecule has 7 nitrogen and oxygen atoms in total. The molecule has 0 aliphatic rings. The number of aromatic nitrogens is 1. The molecule has 0 aliphatic carbocycles. The van der Waals surface area contributed by atoms with Crippen LogP contribution < -0.4 is 4.80 Å². The Morgan fingerprint density at radius 1 is 1.16 bits per heavy atom. The highest BCUT2D eigenvalue weighted by Crippen LogP contribution is 2.19. The maximum atomic E-state index is 12.8. The standard InChI is InChI=1S/C22H21N3O4S2/c1-15-6-11-19-20(13-15)30-22(25(19)3)23-21(26)16-7-9-18(10-8-16)31(27,28)24(2)14-17-5-4-12-29-17/h4-13H,14H2,1-3H3. The molecule has 160 valence electrons. The molecule has 0 fully saturated rings. The second kappa shape index (κ2) is 8.26. The summed E-state index contributed by atoms with van der Waals surface area (Å²) in [6.45, 7) is 2.13. The summed E-state index contributed by atoms with van der Waals surface area (Å²) in [5, 5.41) is 0. The van der Waals surface area contributed by atoms with E-state index in [2.05, 4.69) is 11.1 Å². The van der Waals surface area contributed by atoms with Crippen LogP contribution in [0.1, 0.15) is 21.7 Å². The van der Waals surface area contributed by atoms with Gasteiger partial charge >= 0.3 is 0 Å². The normalized spacial score (nSPS) is 12.7. The second-order valence-corrected chi connectivity index (χ2v) is 10.3. The third-order valence-corrected chi connectivity index (χ3v) is 7.84. The van der Waals surface area contributed by atoms with Crippen LogP contribution in [0.25, 0.3) is 10.2 Å². The smallest absolute Gasteiger partial charge is 0.279 e. The minimum absolute atomic E-state index is 0.0981. The van der Waals surface area contributed by atoms with Crippen LogP contribution in [0.4, 0.5) is 0 Å². The van der Waals surface area contributed by atoms with Gasteiger partial charge in [-0.15, -0.1) is 0 Å². The monoisotopic (exact) mass is 455 g/mol. The summed E-state index contributed by atoms with van der Waals surface area (Å²) in [7, 11) is -0.368. The number of carbonyl (C=O) groups excluding carboxylic acids is 1. The van der Waals surface area contributed by atoms with E-state index in [0.717, 1.165) is 15.8 Å². The Hall–Kier alpha value is -3.01. The second-order valence-electron chi connectivity index (χ2n) is 7.20. The van der Waals surface area contributed by atoms with Crippen LogP contribution in [-0.4, -0.2) is 30.2 Å². The van der Waals surface area contributed by atoms with E-state index < -0.39 is 15.9 Å². The number of benzene rings is 2. The summed E-state index contributed by atoms with van der Waals surface area (Å²) in [5.74, 6) is 0.120. The van der Waals surface area contributed by atoms with E-state index in [1.165, 1.54) is 53.2 Å². The van der Waals surface area contributed by atoms with E-state index in [0.29, 0.717) is 16.1 Å². The highest BCUT2D eigenvalue weighted by atomic mass is 32.2. The molecular formula is C22H21N3O4S2. The molecule has 0 spiro atoms. The summed E-state index contributed by atoms with van der Waals surface area (Å²) in [6.07, 6.45) is 1.50. The number of thiazole rings is 1. The first-order valence-corrected chi connectivity index (χ1v) is 11.8. The van der Waals surface area contributed by atoms with Gasteiger partial charge in [0.2, 0.25) is 10.0 Å². The quantitative estimate of drug-likeness (QED) is 0.459. The van der Waals surface area contributed by atoms with Crippen molar-refractivity contribution in [3.05, 3.63) is 82.5 Å². The van der Waals surface area contributed by atoms with Gasteiger partial charge in [0.05, 0.1) is 27.9 Å². The zero-order valence-electron chi connectivity index (χ0n) is 17.3. The van der Waals surface area contributed by atoms with E-state index in [-0.39, 0.29) is 11.4 Å². The molecule has 0 radical (unpaired) electrons. The van der Waals surface area contributed by atoms with Gasteiger partial charge < -0.3 is 8.98 Å². The minimum Gasteiger partial charge on any atom is -0.468 e. The zero-order chi connectivity index (χ0) is 22.2. The fraction of sp³-hybridized carbons (Fsp3) is 0.182. The van der Waals surface area contributed by atoms with Gasteiger partial charge in [-0.3, -0.25) is 4.79 Å². The van der Waals surface area contributed by atoms with Gasteiger partial charge in [0.25, 0.3) is 5.91 Å². The Bertz CT molecular complexity index is 1410. The molecule has 0 aliphatic heterocycles. The summed E-state index contributed by atoms with van der Waals surface area (Å²) in [5.41, 5.74) is 2.46. The number of nitrogens with zero attached hydrogens (tertiary/aromatic N) is 3. The summed E-state index contributed by atoms with van der Waals surface area (Å²) in [4.78, 5) is 17.6. The first kappa shape index (κ1) is 21.2.